The predicted octanol–water partition coefficient (Wildman–Crippen LogP) is -1.26. The van der Waals surface area contributed by atoms with Crippen molar-refractivity contribution in [2.24, 2.45) is 0 Å². The third-order valence-electron chi connectivity index (χ3n) is 2.58. The number of hydrogen-bond acceptors (Lipinski definition) is 4. The zero-order chi connectivity index (χ0) is 12.9. The molecule has 0 bridgehead atoms. The summed E-state index contributed by atoms with van der Waals surface area (Å²) in [6.45, 7) is 1.53. The molecule has 0 radical (unpaired) electrons. The molecular formula is C13H11N2NaO2. The summed E-state index contributed by atoms with van der Waals surface area (Å²) in [5.74, 6) is -0.992. The van der Waals surface area contributed by atoms with Crippen molar-refractivity contribution in [1.82, 2.24) is 0 Å². The molecule has 0 aliphatic heterocycles. The molecule has 0 amide bonds. The van der Waals surface area contributed by atoms with Gasteiger partial charge in [-0.25, -0.2) is 10.5 Å². The molecule has 0 N–H and O–H groups in total. The Kier molecular flexibility index (Phi) is 6.51. The van der Waals surface area contributed by atoms with Crippen LogP contribution in [0.15, 0.2) is 30.3 Å². The van der Waals surface area contributed by atoms with Crippen molar-refractivity contribution in [2.75, 3.05) is 7.11 Å². The molecule has 0 aliphatic rings. The molecule has 4 nitrogen and oxygen atoms in total. The number of rotatable bonds is 3. The summed E-state index contributed by atoms with van der Waals surface area (Å²) < 4.78 is 4.52. The third-order valence-corrected chi connectivity index (χ3v) is 2.58. The number of carbonyl (C=O) groups is 1. The number of nitriles is 2. The fourth-order valence-electron chi connectivity index (χ4n) is 1.50. The van der Waals surface area contributed by atoms with Crippen molar-refractivity contribution >= 4 is 5.97 Å². The molecule has 0 aliphatic carbocycles. The van der Waals surface area contributed by atoms with Crippen molar-refractivity contribution in [3.05, 3.63) is 41.8 Å². The molecule has 5 heteroatoms. The summed E-state index contributed by atoms with van der Waals surface area (Å²) in [4.78, 5) is 11.5. The topological polar surface area (TPSA) is 73.9 Å². The second kappa shape index (κ2) is 7.08. The Labute approximate surface area is 128 Å². The summed E-state index contributed by atoms with van der Waals surface area (Å²) >= 11 is 0. The second-order valence-corrected chi connectivity index (χ2v) is 3.58. The number of methoxy groups -OCH3 is 1. The van der Waals surface area contributed by atoms with E-state index in [1.54, 1.807) is 36.4 Å². The van der Waals surface area contributed by atoms with Crippen LogP contribution < -0.4 is 29.6 Å². The number of esters is 1. The van der Waals surface area contributed by atoms with Crippen LogP contribution in [0.1, 0.15) is 12.5 Å². The first-order chi connectivity index (χ1) is 8.10. The maximum Gasteiger partial charge on any atom is 1.00 e. The van der Waals surface area contributed by atoms with E-state index >= 15 is 0 Å². The molecule has 1 atom stereocenters. The van der Waals surface area contributed by atoms with Crippen LogP contribution in [0.5, 0.6) is 0 Å². The average molecular weight is 250 g/mol. The molecule has 1 unspecified atom stereocenters. The van der Waals surface area contributed by atoms with Gasteiger partial charge in [0.25, 0.3) is 0 Å². The van der Waals surface area contributed by atoms with E-state index in [-0.39, 0.29) is 35.5 Å². The van der Waals surface area contributed by atoms with Crippen molar-refractivity contribution in [3.8, 4) is 12.1 Å². The van der Waals surface area contributed by atoms with Crippen molar-refractivity contribution in [3.63, 3.8) is 0 Å². The van der Waals surface area contributed by atoms with Crippen molar-refractivity contribution in [2.45, 2.75) is 12.3 Å². The SMILES string of the molecule is COC(=O)[C-](C#N)C(C)(C#N)c1ccccc1.[Na+]. The number of nitrogens with zero attached hydrogens (tertiary/aromatic N) is 2. The minimum Gasteiger partial charge on any atom is -0.490 e. The van der Waals surface area contributed by atoms with Crippen LogP contribution in [0.25, 0.3) is 0 Å². The van der Waals surface area contributed by atoms with Crippen LogP contribution in [-0.4, -0.2) is 13.1 Å². The molecule has 18 heavy (non-hydrogen) atoms. The first kappa shape index (κ1) is 16.5. The first-order valence-electron chi connectivity index (χ1n) is 4.92. The molecule has 0 fully saturated rings. The second-order valence-electron chi connectivity index (χ2n) is 3.58. The van der Waals surface area contributed by atoms with Crippen molar-refractivity contribution in [1.29, 1.82) is 10.5 Å². The van der Waals surface area contributed by atoms with E-state index in [0.29, 0.717) is 5.56 Å². The Morgan fingerprint density at radius 3 is 2.28 bits per heavy atom. The molecule has 0 spiro atoms. The zero-order valence-electron chi connectivity index (χ0n) is 10.6. The minimum atomic E-state index is -1.29. The van der Waals surface area contributed by atoms with Gasteiger partial charge in [0.15, 0.2) is 5.97 Å². The number of benzene rings is 1. The molecule has 86 valence electrons. The molecular weight excluding hydrogens is 239 g/mol. The summed E-state index contributed by atoms with van der Waals surface area (Å²) in [7, 11) is 1.18. The fourth-order valence-corrected chi connectivity index (χ4v) is 1.50. The Hall–Kier alpha value is -1.46. The predicted molar refractivity (Wildman–Crippen MR) is 60.3 cm³/mol. The molecule has 1 aromatic carbocycles. The molecule has 1 rings (SSSR count). The molecule has 0 aromatic heterocycles. The number of ether oxygens (including phenoxy) is 1. The normalized spacial score (nSPS) is 12.0. The minimum absolute atomic E-state index is 0. The number of carbonyl (C=O) groups excluding carboxylic acids is 1. The number of hydrogen-bond donors (Lipinski definition) is 0. The summed E-state index contributed by atoms with van der Waals surface area (Å²) in [5.41, 5.74) is -0.701. The van der Waals surface area contributed by atoms with Gasteiger partial charge in [0, 0.05) is 6.07 Å². The van der Waals surface area contributed by atoms with Gasteiger partial charge in [-0.05, 0) is 5.41 Å². The van der Waals surface area contributed by atoms with E-state index in [0.717, 1.165) is 0 Å². The van der Waals surface area contributed by atoms with Gasteiger partial charge in [-0.2, -0.15) is 5.92 Å². The zero-order valence-corrected chi connectivity index (χ0v) is 12.6. The summed E-state index contributed by atoms with van der Waals surface area (Å²) in [6.07, 6.45) is 0. The van der Waals surface area contributed by atoms with Gasteiger partial charge in [-0.3, -0.25) is 4.79 Å². The van der Waals surface area contributed by atoms with E-state index < -0.39 is 11.4 Å². The van der Waals surface area contributed by atoms with Gasteiger partial charge in [-0.1, -0.05) is 48.9 Å². The van der Waals surface area contributed by atoms with Crippen LogP contribution in [0.3, 0.4) is 0 Å². The monoisotopic (exact) mass is 250 g/mol. The maximum absolute atomic E-state index is 11.5. The van der Waals surface area contributed by atoms with Gasteiger partial charge < -0.3 is 4.74 Å². The maximum atomic E-state index is 11.5. The Bertz CT molecular complexity index is 490. The van der Waals surface area contributed by atoms with Gasteiger partial charge >= 0.3 is 29.6 Å². The van der Waals surface area contributed by atoms with E-state index in [2.05, 4.69) is 4.74 Å². The largest absolute Gasteiger partial charge is 1.00 e. The average Bonchev–Trinajstić information content (AvgIpc) is 2.39. The molecule has 0 saturated heterocycles. The Morgan fingerprint density at radius 2 is 1.89 bits per heavy atom. The van der Waals surface area contributed by atoms with Crippen molar-refractivity contribution < 1.29 is 39.1 Å². The molecule has 0 saturated carbocycles. The van der Waals surface area contributed by atoms with Gasteiger partial charge in [0.2, 0.25) is 0 Å². The van der Waals surface area contributed by atoms with E-state index in [1.165, 1.54) is 14.0 Å². The van der Waals surface area contributed by atoms with Gasteiger partial charge in [-0.15, -0.1) is 0 Å². The molecule has 1 aromatic rings. The Morgan fingerprint density at radius 1 is 1.33 bits per heavy atom. The molecule has 0 heterocycles. The van der Waals surface area contributed by atoms with Crippen LogP contribution in [0.2, 0.25) is 0 Å². The van der Waals surface area contributed by atoms with Gasteiger partial charge in [0.1, 0.15) is 0 Å². The van der Waals surface area contributed by atoms with Crippen LogP contribution in [0.4, 0.5) is 0 Å². The van der Waals surface area contributed by atoms with Gasteiger partial charge in [0.05, 0.1) is 7.11 Å². The third kappa shape index (κ3) is 3.05. The van der Waals surface area contributed by atoms with E-state index in [1.807, 2.05) is 6.07 Å². The van der Waals surface area contributed by atoms with E-state index in [9.17, 15) is 10.1 Å². The Balaban J connectivity index is 0.00000289. The van der Waals surface area contributed by atoms with E-state index in [4.69, 9.17) is 5.26 Å². The van der Waals surface area contributed by atoms with Crippen LogP contribution >= 0.6 is 0 Å². The summed E-state index contributed by atoms with van der Waals surface area (Å²) in [5, 5.41) is 18.3. The van der Waals surface area contributed by atoms with Crippen LogP contribution in [-0.2, 0) is 14.9 Å². The summed E-state index contributed by atoms with van der Waals surface area (Å²) in [6, 6.07) is 12.5. The smallest absolute Gasteiger partial charge is 0.490 e. The first-order valence-corrected chi connectivity index (χ1v) is 4.92. The fraction of sp³-hybridized carbons (Fsp3) is 0.231. The standard InChI is InChI=1S/C13H11N2O2.Na/c1-13(9-15,10-6-4-3-5-7-10)11(8-14)12(16)17-2;/h3-7H,1-2H3;/q-1;+1. The quantitative estimate of drug-likeness (QED) is 0.381. The van der Waals surface area contributed by atoms with Crippen LogP contribution in [0, 0.1) is 28.6 Å².